The van der Waals surface area contributed by atoms with Crippen LogP contribution in [0.15, 0.2) is 36.9 Å². The van der Waals surface area contributed by atoms with Gasteiger partial charge in [0.2, 0.25) is 0 Å². The van der Waals surface area contributed by atoms with Crippen molar-refractivity contribution >= 4 is 11.9 Å². The van der Waals surface area contributed by atoms with Gasteiger partial charge in [-0.05, 0) is 24.3 Å². The van der Waals surface area contributed by atoms with Crippen molar-refractivity contribution in [3.8, 4) is 5.75 Å². The van der Waals surface area contributed by atoms with Gasteiger partial charge in [0.25, 0.3) is 5.91 Å². The lowest BCUT2D eigenvalue weighted by atomic mass is 10.1. The number of ether oxygens (including phenoxy) is 1. The maximum absolute atomic E-state index is 12.1. The highest BCUT2D eigenvalue weighted by molar-refractivity contribution is 5.94. The number of rotatable bonds is 7. The lowest BCUT2D eigenvalue weighted by Crippen LogP contribution is -2.33. The van der Waals surface area contributed by atoms with Gasteiger partial charge in [-0.1, -0.05) is 19.6 Å². The summed E-state index contributed by atoms with van der Waals surface area (Å²) in [5.41, 5.74) is 0.496. The van der Waals surface area contributed by atoms with E-state index in [2.05, 4.69) is 6.58 Å². The smallest absolute Gasteiger partial charge is 0.308 e. The third-order valence-electron chi connectivity index (χ3n) is 2.79. The maximum Gasteiger partial charge on any atom is 0.308 e. The first-order valence-corrected chi connectivity index (χ1v) is 6.27. The topological polar surface area (TPSA) is 66.8 Å². The monoisotopic (exact) mass is 277 g/mol. The summed E-state index contributed by atoms with van der Waals surface area (Å²) in [5, 5.41) is 8.84. The van der Waals surface area contributed by atoms with Gasteiger partial charge in [0.15, 0.2) is 0 Å². The van der Waals surface area contributed by atoms with Crippen molar-refractivity contribution in [3.63, 3.8) is 0 Å². The SMILES string of the molecule is C=CCOc1ccc(C(=O)N(C)CC(C)C(=O)O)cc1. The molecule has 0 aliphatic heterocycles. The van der Waals surface area contributed by atoms with Crippen LogP contribution in [0.25, 0.3) is 0 Å². The van der Waals surface area contributed by atoms with E-state index >= 15 is 0 Å². The second-order valence-electron chi connectivity index (χ2n) is 4.55. The Hall–Kier alpha value is -2.30. The Balaban J connectivity index is 2.67. The molecule has 0 aromatic heterocycles. The van der Waals surface area contributed by atoms with Crippen molar-refractivity contribution in [2.45, 2.75) is 6.92 Å². The number of benzene rings is 1. The molecule has 0 aliphatic carbocycles. The molecule has 1 aromatic rings. The summed E-state index contributed by atoms with van der Waals surface area (Å²) in [6.45, 7) is 5.70. The minimum absolute atomic E-state index is 0.170. The maximum atomic E-state index is 12.1. The standard InChI is InChI=1S/C15H19NO4/c1-4-9-20-13-7-5-12(6-8-13)14(17)16(3)10-11(2)15(18)19/h4-8,11H,1,9-10H2,2-3H3,(H,18,19). The Kier molecular flexibility index (Phi) is 5.77. The molecule has 1 unspecified atom stereocenters. The number of carboxylic acids is 1. The molecule has 1 amide bonds. The zero-order chi connectivity index (χ0) is 15.1. The molecule has 0 saturated carbocycles. The third-order valence-corrected chi connectivity index (χ3v) is 2.79. The predicted molar refractivity (Wildman–Crippen MR) is 75.9 cm³/mol. The third kappa shape index (κ3) is 4.42. The van der Waals surface area contributed by atoms with Crippen LogP contribution < -0.4 is 4.74 Å². The number of carboxylic acid groups (broad SMARTS) is 1. The van der Waals surface area contributed by atoms with Crippen LogP contribution in [-0.2, 0) is 4.79 Å². The number of nitrogens with zero attached hydrogens (tertiary/aromatic N) is 1. The minimum Gasteiger partial charge on any atom is -0.490 e. The summed E-state index contributed by atoms with van der Waals surface area (Å²) in [6.07, 6.45) is 1.64. The van der Waals surface area contributed by atoms with Crippen molar-refractivity contribution < 1.29 is 19.4 Å². The zero-order valence-electron chi connectivity index (χ0n) is 11.7. The molecule has 0 bridgehead atoms. The first-order chi connectivity index (χ1) is 9.45. The average molecular weight is 277 g/mol. The Morgan fingerprint density at radius 2 is 2.00 bits per heavy atom. The Labute approximate surface area is 118 Å². The van der Waals surface area contributed by atoms with E-state index in [4.69, 9.17) is 9.84 Å². The van der Waals surface area contributed by atoms with Gasteiger partial charge >= 0.3 is 5.97 Å². The van der Waals surface area contributed by atoms with E-state index in [1.165, 1.54) is 4.90 Å². The summed E-state index contributed by atoms with van der Waals surface area (Å²) in [4.78, 5) is 24.3. The summed E-state index contributed by atoms with van der Waals surface area (Å²) >= 11 is 0. The van der Waals surface area contributed by atoms with Gasteiger partial charge in [-0.25, -0.2) is 0 Å². The van der Waals surface area contributed by atoms with Gasteiger partial charge < -0.3 is 14.7 Å². The van der Waals surface area contributed by atoms with Gasteiger partial charge in [-0.3, -0.25) is 9.59 Å². The highest BCUT2D eigenvalue weighted by atomic mass is 16.5. The number of aliphatic carboxylic acids is 1. The molecule has 0 aliphatic rings. The zero-order valence-corrected chi connectivity index (χ0v) is 11.7. The Morgan fingerprint density at radius 1 is 1.40 bits per heavy atom. The molecule has 1 N–H and O–H groups in total. The van der Waals surface area contributed by atoms with Crippen LogP contribution >= 0.6 is 0 Å². The molecule has 108 valence electrons. The molecule has 20 heavy (non-hydrogen) atoms. The number of amides is 1. The summed E-state index contributed by atoms with van der Waals surface area (Å²) in [7, 11) is 1.59. The lowest BCUT2D eigenvalue weighted by molar-refractivity contribution is -0.141. The lowest BCUT2D eigenvalue weighted by Gasteiger charge is -2.19. The molecule has 0 fully saturated rings. The van der Waals surface area contributed by atoms with Crippen LogP contribution in [0.3, 0.4) is 0 Å². The first-order valence-electron chi connectivity index (χ1n) is 6.27. The molecular formula is C15H19NO4. The largest absolute Gasteiger partial charge is 0.490 e. The molecule has 0 radical (unpaired) electrons. The van der Waals surface area contributed by atoms with Crippen LogP contribution in [0.2, 0.25) is 0 Å². The van der Waals surface area contributed by atoms with E-state index in [1.807, 2.05) is 0 Å². The minimum atomic E-state index is -0.919. The average Bonchev–Trinajstić information content (AvgIpc) is 2.44. The van der Waals surface area contributed by atoms with E-state index in [9.17, 15) is 9.59 Å². The van der Waals surface area contributed by atoms with E-state index in [1.54, 1.807) is 44.3 Å². The second kappa shape index (κ2) is 7.33. The van der Waals surface area contributed by atoms with Crippen molar-refractivity contribution in [1.82, 2.24) is 4.90 Å². The molecule has 5 heteroatoms. The van der Waals surface area contributed by atoms with Crippen LogP contribution in [0, 0.1) is 5.92 Å². The predicted octanol–water partition coefficient (Wildman–Crippen LogP) is 2.04. The van der Waals surface area contributed by atoms with Gasteiger partial charge in [0, 0.05) is 19.2 Å². The van der Waals surface area contributed by atoms with E-state index < -0.39 is 11.9 Å². The fraction of sp³-hybridized carbons (Fsp3) is 0.333. The van der Waals surface area contributed by atoms with Crippen LogP contribution in [0.1, 0.15) is 17.3 Å². The van der Waals surface area contributed by atoms with Gasteiger partial charge in [-0.2, -0.15) is 0 Å². The van der Waals surface area contributed by atoms with Crippen LogP contribution in [-0.4, -0.2) is 42.1 Å². The fourth-order valence-corrected chi connectivity index (χ4v) is 1.64. The van der Waals surface area contributed by atoms with E-state index in [0.29, 0.717) is 17.9 Å². The molecule has 1 rings (SSSR count). The quantitative estimate of drug-likeness (QED) is 0.774. The summed E-state index contributed by atoms with van der Waals surface area (Å²) < 4.78 is 5.33. The van der Waals surface area contributed by atoms with E-state index in [0.717, 1.165) is 0 Å². The van der Waals surface area contributed by atoms with Crippen molar-refractivity contribution in [2.24, 2.45) is 5.92 Å². The van der Waals surface area contributed by atoms with Gasteiger partial charge in [-0.15, -0.1) is 0 Å². The molecule has 1 atom stereocenters. The molecule has 0 spiro atoms. The normalized spacial score (nSPS) is 11.5. The highest BCUT2D eigenvalue weighted by Crippen LogP contribution is 2.14. The van der Waals surface area contributed by atoms with Crippen molar-refractivity contribution in [2.75, 3.05) is 20.2 Å². The molecule has 0 saturated heterocycles. The summed E-state index contributed by atoms with van der Waals surface area (Å²) in [6, 6.07) is 6.71. The first kappa shape index (κ1) is 15.8. The Morgan fingerprint density at radius 3 is 2.50 bits per heavy atom. The molecular weight excluding hydrogens is 258 g/mol. The number of carbonyl (C=O) groups is 2. The highest BCUT2D eigenvalue weighted by Gasteiger charge is 2.18. The number of hydrogen-bond donors (Lipinski definition) is 1. The fourth-order valence-electron chi connectivity index (χ4n) is 1.64. The number of hydrogen-bond acceptors (Lipinski definition) is 3. The van der Waals surface area contributed by atoms with Crippen LogP contribution in [0.4, 0.5) is 0 Å². The van der Waals surface area contributed by atoms with Crippen molar-refractivity contribution in [3.05, 3.63) is 42.5 Å². The van der Waals surface area contributed by atoms with E-state index in [-0.39, 0.29) is 12.5 Å². The Bertz CT molecular complexity index is 481. The number of carbonyl (C=O) groups excluding carboxylic acids is 1. The summed E-state index contributed by atoms with van der Waals surface area (Å²) in [5.74, 6) is -1.08. The molecule has 5 nitrogen and oxygen atoms in total. The van der Waals surface area contributed by atoms with Crippen LogP contribution in [0.5, 0.6) is 5.75 Å². The second-order valence-corrected chi connectivity index (χ2v) is 4.55. The molecule has 0 heterocycles. The van der Waals surface area contributed by atoms with Gasteiger partial charge in [0.05, 0.1) is 5.92 Å². The van der Waals surface area contributed by atoms with Gasteiger partial charge in [0.1, 0.15) is 12.4 Å². The molecule has 1 aromatic carbocycles. The van der Waals surface area contributed by atoms with Crippen molar-refractivity contribution in [1.29, 1.82) is 0 Å².